The van der Waals surface area contributed by atoms with E-state index in [0.717, 1.165) is 31.4 Å². The molecule has 2 fully saturated rings. The summed E-state index contributed by atoms with van der Waals surface area (Å²) in [5.74, 6) is 0. The number of carbonyl (C=O) groups is 1. The fraction of sp³-hybridized carbons (Fsp3) is 0.458. The third-order valence-electron chi connectivity index (χ3n) is 6.26. The van der Waals surface area contributed by atoms with Crippen molar-refractivity contribution in [1.82, 2.24) is 15.5 Å². The van der Waals surface area contributed by atoms with E-state index in [-0.39, 0.29) is 6.03 Å². The third kappa shape index (κ3) is 4.93. The van der Waals surface area contributed by atoms with Crippen LogP contribution < -0.4 is 10.6 Å². The largest absolute Gasteiger partial charge is 0.335 e. The van der Waals surface area contributed by atoms with Gasteiger partial charge in [0, 0.05) is 31.2 Å². The first-order chi connectivity index (χ1) is 13.8. The maximum atomic E-state index is 12.4. The molecule has 2 heterocycles. The number of nitrogens with zero attached hydrogens (tertiary/aromatic N) is 1. The Morgan fingerprint density at radius 2 is 1.50 bits per heavy atom. The number of hydrogen-bond donors (Lipinski definition) is 2. The molecule has 2 aliphatic heterocycles. The van der Waals surface area contributed by atoms with Crippen LogP contribution in [0.3, 0.4) is 0 Å². The van der Waals surface area contributed by atoms with Crippen LogP contribution in [0.25, 0.3) is 0 Å². The number of rotatable bonds is 6. The van der Waals surface area contributed by atoms with Crippen molar-refractivity contribution in [3.8, 4) is 0 Å². The zero-order valence-corrected chi connectivity index (χ0v) is 16.5. The van der Waals surface area contributed by atoms with E-state index >= 15 is 0 Å². The molecule has 4 rings (SSSR count). The molecule has 4 heteroatoms. The summed E-state index contributed by atoms with van der Waals surface area (Å²) >= 11 is 0. The Bertz CT molecular complexity index is 735. The van der Waals surface area contributed by atoms with Crippen LogP contribution in [0.1, 0.15) is 43.2 Å². The van der Waals surface area contributed by atoms with Crippen molar-refractivity contribution in [2.45, 2.75) is 63.2 Å². The predicted octanol–water partition coefficient (Wildman–Crippen LogP) is 4.11. The minimum absolute atomic E-state index is 0.0373. The van der Waals surface area contributed by atoms with E-state index in [4.69, 9.17) is 0 Å². The molecule has 2 N–H and O–H groups in total. The molecule has 2 saturated heterocycles. The van der Waals surface area contributed by atoms with Gasteiger partial charge in [-0.1, -0.05) is 67.1 Å². The first-order valence-corrected chi connectivity index (χ1v) is 10.7. The molecule has 0 saturated carbocycles. The summed E-state index contributed by atoms with van der Waals surface area (Å²) in [6.45, 7) is 1.71. The fourth-order valence-corrected chi connectivity index (χ4v) is 4.88. The summed E-state index contributed by atoms with van der Waals surface area (Å²) in [7, 11) is 0. The van der Waals surface area contributed by atoms with Crippen LogP contribution >= 0.6 is 0 Å². The smallest absolute Gasteiger partial charge is 0.315 e. The molecule has 0 aliphatic carbocycles. The van der Waals surface area contributed by atoms with Gasteiger partial charge < -0.3 is 10.6 Å². The van der Waals surface area contributed by atoms with E-state index in [1.807, 2.05) is 30.3 Å². The lowest BCUT2D eigenvalue weighted by Gasteiger charge is -2.49. The highest BCUT2D eigenvalue weighted by Crippen LogP contribution is 2.34. The number of hydrogen-bond acceptors (Lipinski definition) is 2. The van der Waals surface area contributed by atoms with Crippen molar-refractivity contribution in [3.63, 3.8) is 0 Å². The van der Waals surface area contributed by atoms with Crippen LogP contribution in [0.4, 0.5) is 4.79 Å². The van der Waals surface area contributed by atoms with Gasteiger partial charge in [0.2, 0.25) is 0 Å². The minimum Gasteiger partial charge on any atom is -0.335 e. The molecule has 28 heavy (non-hydrogen) atoms. The molecule has 2 bridgehead atoms. The molecule has 2 aromatic rings. The molecule has 2 amide bonds. The monoisotopic (exact) mass is 377 g/mol. The lowest BCUT2D eigenvalue weighted by molar-refractivity contribution is 0.0277. The normalized spacial score (nSPS) is 24.5. The molecule has 0 aromatic heterocycles. The highest BCUT2D eigenvalue weighted by Gasteiger charge is 2.38. The number of carbonyl (C=O) groups excluding carboxylic acids is 1. The van der Waals surface area contributed by atoms with Crippen molar-refractivity contribution in [3.05, 3.63) is 71.8 Å². The molecule has 2 aromatic carbocycles. The molecule has 0 radical (unpaired) electrons. The maximum absolute atomic E-state index is 12.4. The summed E-state index contributed by atoms with van der Waals surface area (Å²) in [6, 6.07) is 22.3. The van der Waals surface area contributed by atoms with Crippen LogP contribution in [0.15, 0.2) is 60.7 Å². The molecule has 0 spiro atoms. The standard InChI is InChI=1S/C24H31N3O/c28-24(25-18-20-10-5-2-6-11-20)26-21-16-22-12-7-13-23(17-21)27(22)15-14-19-8-3-1-4-9-19/h1-6,8-11,21-23H,7,12-18H2,(H2,25,26,28)/t22-,23-/m0/s1. The zero-order valence-electron chi connectivity index (χ0n) is 16.5. The molecule has 148 valence electrons. The van der Waals surface area contributed by atoms with Crippen LogP contribution in [0.5, 0.6) is 0 Å². The van der Waals surface area contributed by atoms with Gasteiger partial charge in [0.1, 0.15) is 0 Å². The quantitative estimate of drug-likeness (QED) is 0.796. The van der Waals surface area contributed by atoms with Crippen molar-refractivity contribution in [2.75, 3.05) is 6.54 Å². The van der Waals surface area contributed by atoms with Gasteiger partial charge in [-0.15, -0.1) is 0 Å². The highest BCUT2D eigenvalue weighted by atomic mass is 16.2. The number of amides is 2. The molecular formula is C24H31N3O. The summed E-state index contributed by atoms with van der Waals surface area (Å²) in [4.78, 5) is 15.1. The Balaban J connectivity index is 1.27. The molecule has 4 nitrogen and oxygen atoms in total. The van der Waals surface area contributed by atoms with E-state index in [1.54, 1.807) is 0 Å². The predicted molar refractivity (Wildman–Crippen MR) is 113 cm³/mol. The van der Waals surface area contributed by atoms with Crippen LogP contribution in [-0.2, 0) is 13.0 Å². The van der Waals surface area contributed by atoms with Gasteiger partial charge >= 0.3 is 6.03 Å². The number of piperidine rings is 2. The minimum atomic E-state index is -0.0373. The van der Waals surface area contributed by atoms with Crippen molar-refractivity contribution in [1.29, 1.82) is 0 Å². The third-order valence-corrected chi connectivity index (χ3v) is 6.26. The molecule has 2 aliphatic rings. The lowest BCUT2D eigenvalue weighted by Crippen LogP contribution is -2.58. The van der Waals surface area contributed by atoms with Gasteiger partial charge in [-0.2, -0.15) is 0 Å². The Morgan fingerprint density at radius 1 is 0.893 bits per heavy atom. The number of urea groups is 1. The second-order valence-corrected chi connectivity index (χ2v) is 8.19. The van der Waals surface area contributed by atoms with E-state index in [1.165, 1.54) is 24.8 Å². The molecular weight excluding hydrogens is 346 g/mol. The second-order valence-electron chi connectivity index (χ2n) is 8.19. The van der Waals surface area contributed by atoms with Crippen LogP contribution in [-0.4, -0.2) is 35.6 Å². The summed E-state index contributed by atoms with van der Waals surface area (Å²) < 4.78 is 0. The SMILES string of the molecule is O=C(NCc1ccccc1)NC1C[C@@H]2CCC[C@@H](C1)N2CCc1ccccc1. The average Bonchev–Trinajstić information content (AvgIpc) is 2.72. The van der Waals surface area contributed by atoms with Gasteiger partial charge in [-0.05, 0) is 43.2 Å². The molecule has 0 unspecified atom stereocenters. The van der Waals surface area contributed by atoms with Gasteiger partial charge in [0.25, 0.3) is 0 Å². The fourth-order valence-electron chi connectivity index (χ4n) is 4.88. The number of nitrogens with one attached hydrogen (secondary N) is 2. The highest BCUT2D eigenvalue weighted by molar-refractivity contribution is 5.74. The number of fused-ring (bicyclic) bond motifs is 2. The van der Waals surface area contributed by atoms with Crippen LogP contribution in [0.2, 0.25) is 0 Å². The Hall–Kier alpha value is -2.33. The van der Waals surface area contributed by atoms with E-state index in [0.29, 0.717) is 24.7 Å². The first kappa shape index (κ1) is 19.0. The van der Waals surface area contributed by atoms with Gasteiger partial charge in [0.05, 0.1) is 0 Å². The first-order valence-electron chi connectivity index (χ1n) is 10.7. The average molecular weight is 378 g/mol. The number of benzene rings is 2. The summed E-state index contributed by atoms with van der Waals surface area (Å²) in [5.41, 5.74) is 2.55. The Morgan fingerprint density at radius 3 is 2.14 bits per heavy atom. The van der Waals surface area contributed by atoms with E-state index in [2.05, 4.69) is 45.9 Å². The van der Waals surface area contributed by atoms with Crippen molar-refractivity contribution < 1.29 is 4.79 Å². The van der Waals surface area contributed by atoms with E-state index in [9.17, 15) is 4.79 Å². The van der Waals surface area contributed by atoms with Crippen molar-refractivity contribution in [2.24, 2.45) is 0 Å². The molecule has 2 atom stereocenters. The summed E-state index contributed by atoms with van der Waals surface area (Å²) in [6.07, 6.45) is 7.10. The van der Waals surface area contributed by atoms with Gasteiger partial charge in [0.15, 0.2) is 0 Å². The Kier molecular flexibility index (Phi) is 6.27. The van der Waals surface area contributed by atoms with Crippen LogP contribution in [0, 0.1) is 0 Å². The Labute approximate surface area is 168 Å². The van der Waals surface area contributed by atoms with E-state index < -0.39 is 0 Å². The van der Waals surface area contributed by atoms with Gasteiger partial charge in [-0.3, -0.25) is 4.90 Å². The second kappa shape index (κ2) is 9.24. The topological polar surface area (TPSA) is 44.4 Å². The zero-order chi connectivity index (χ0) is 19.2. The summed E-state index contributed by atoms with van der Waals surface area (Å²) in [5, 5.41) is 6.24. The van der Waals surface area contributed by atoms with Crippen molar-refractivity contribution >= 4 is 6.03 Å². The van der Waals surface area contributed by atoms with Gasteiger partial charge in [-0.25, -0.2) is 4.79 Å². The lowest BCUT2D eigenvalue weighted by atomic mass is 9.81. The maximum Gasteiger partial charge on any atom is 0.315 e.